The lowest BCUT2D eigenvalue weighted by Gasteiger charge is -2.20. The van der Waals surface area contributed by atoms with Crippen LogP contribution in [0.4, 0.5) is 0 Å². The zero-order valence-corrected chi connectivity index (χ0v) is 16.7. The van der Waals surface area contributed by atoms with Gasteiger partial charge in [-0.2, -0.15) is 4.31 Å². The first kappa shape index (κ1) is 21.3. The summed E-state index contributed by atoms with van der Waals surface area (Å²) in [5, 5.41) is 5.81. The van der Waals surface area contributed by atoms with E-state index < -0.39 is 15.9 Å². The highest BCUT2D eigenvalue weighted by molar-refractivity contribution is 7.89. The Morgan fingerprint density at radius 2 is 1.93 bits per heavy atom. The third-order valence-corrected chi connectivity index (χ3v) is 6.58. The number of carbonyl (C=O) groups excluding carboxylic acids is 2. The van der Waals surface area contributed by atoms with Crippen LogP contribution in [0, 0.1) is 0 Å². The summed E-state index contributed by atoms with van der Waals surface area (Å²) in [6, 6.07) is 5.90. The highest BCUT2D eigenvalue weighted by Crippen LogP contribution is 2.17. The average Bonchev–Trinajstić information content (AvgIpc) is 2.96. The van der Waals surface area contributed by atoms with Gasteiger partial charge in [-0.1, -0.05) is 19.9 Å². The second kappa shape index (κ2) is 9.82. The monoisotopic (exact) mass is 396 g/mol. The predicted octanol–water partition coefficient (Wildman–Crippen LogP) is 0.269. The van der Waals surface area contributed by atoms with E-state index in [1.54, 1.807) is 18.7 Å². The van der Waals surface area contributed by atoms with Crippen LogP contribution in [0.1, 0.15) is 30.6 Å². The zero-order chi connectivity index (χ0) is 19.9. The third kappa shape index (κ3) is 5.50. The average molecular weight is 397 g/mol. The number of nitrogens with zero attached hydrogens (tertiary/aromatic N) is 2. The molecule has 0 aliphatic carbocycles. The maximum Gasteiger partial charge on any atom is 0.251 e. The minimum absolute atomic E-state index is 0.0729. The van der Waals surface area contributed by atoms with Crippen molar-refractivity contribution < 1.29 is 18.0 Å². The lowest BCUT2D eigenvalue weighted by atomic mass is 10.2. The lowest BCUT2D eigenvalue weighted by molar-refractivity contribution is -0.129. The van der Waals surface area contributed by atoms with E-state index in [4.69, 9.17) is 0 Å². The molecule has 150 valence electrons. The van der Waals surface area contributed by atoms with Crippen LogP contribution in [-0.4, -0.2) is 75.3 Å². The van der Waals surface area contributed by atoms with Gasteiger partial charge >= 0.3 is 0 Å². The van der Waals surface area contributed by atoms with Gasteiger partial charge in [0.05, 0.1) is 11.4 Å². The smallest absolute Gasteiger partial charge is 0.251 e. The van der Waals surface area contributed by atoms with Crippen molar-refractivity contribution in [1.82, 2.24) is 19.8 Å². The van der Waals surface area contributed by atoms with Crippen molar-refractivity contribution in [3.8, 4) is 0 Å². The Kier molecular flexibility index (Phi) is 7.76. The van der Waals surface area contributed by atoms with Gasteiger partial charge in [0.25, 0.3) is 5.91 Å². The SMILES string of the molecule is CCN(CC)S(=O)(=O)c1cccc(C(=O)NCC(=O)N2CCCNCC2)c1. The van der Waals surface area contributed by atoms with Crippen LogP contribution in [-0.2, 0) is 14.8 Å². The first-order chi connectivity index (χ1) is 12.9. The number of benzene rings is 1. The van der Waals surface area contributed by atoms with Gasteiger partial charge in [-0.25, -0.2) is 8.42 Å². The first-order valence-electron chi connectivity index (χ1n) is 9.27. The minimum Gasteiger partial charge on any atom is -0.343 e. The van der Waals surface area contributed by atoms with E-state index in [-0.39, 0.29) is 22.9 Å². The minimum atomic E-state index is -3.64. The lowest BCUT2D eigenvalue weighted by Crippen LogP contribution is -2.41. The molecule has 1 aromatic rings. The van der Waals surface area contributed by atoms with E-state index in [9.17, 15) is 18.0 Å². The van der Waals surface area contributed by atoms with Crippen molar-refractivity contribution in [3.63, 3.8) is 0 Å². The van der Waals surface area contributed by atoms with Gasteiger partial charge < -0.3 is 15.5 Å². The molecule has 9 heteroatoms. The third-order valence-electron chi connectivity index (χ3n) is 4.53. The molecule has 0 radical (unpaired) electrons. The molecule has 1 aliphatic heterocycles. The number of amides is 2. The second-order valence-electron chi connectivity index (χ2n) is 6.28. The number of sulfonamides is 1. The summed E-state index contributed by atoms with van der Waals surface area (Å²) in [5.74, 6) is -0.605. The van der Waals surface area contributed by atoms with Crippen LogP contribution in [0.25, 0.3) is 0 Å². The zero-order valence-electron chi connectivity index (χ0n) is 15.9. The van der Waals surface area contributed by atoms with Crippen LogP contribution in [0.15, 0.2) is 29.2 Å². The maximum absolute atomic E-state index is 12.6. The number of hydrogen-bond donors (Lipinski definition) is 2. The van der Waals surface area contributed by atoms with Gasteiger partial charge in [0, 0.05) is 38.3 Å². The molecule has 0 aromatic heterocycles. The molecule has 1 aliphatic rings. The molecule has 2 amide bonds. The van der Waals surface area contributed by atoms with Crippen molar-refractivity contribution in [2.75, 3.05) is 45.8 Å². The molecule has 0 saturated carbocycles. The van der Waals surface area contributed by atoms with Gasteiger partial charge in [0.1, 0.15) is 0 Å². The fraction of sp³-hybridized carbons (Fsp3) is 0.556. The summed E-state index contributed by atoms with van der Waals surface area (Å²) in [6.45, 7) is 7.04. The summed E-state index contributed by atoms with van der Waals surface area (Å²) in [5.41, 5.74) is 0.216. The molecule has 1 aromatic carbocycles. The Balaban J connectivity index is 2.03. The fourth-order valence-corrected chi connectivity index (χ4v) is 4.48. The van der Waals surface area contributed by atoms with Gasteiger partial charge in [-0.15, -0.1) is 0 Å². The van der Waals surface area contributed by atoms with E-state index >= 15 is 0 Å². The molecule has 0 spiro atoms. The van der Waals surface area contributed by atoms with Crippen LogP contribution < -0.4 is 10.6 Å². The number of nitrogens with one attached hydrogen (secondary N) is 2. The molecule has 1 saturated heterocycles. The summed E-state index contributed by atoms with van der Waals surface area (Å²) < 4.78 is 26.5. The van der Waals surface area contributed by atoms with Crippen molar-refractivity contribution in [2.45, 2.75) is 25.2 Å². The summed E-state index contributed by atoms with van der Waals surface area (Å²) in [4.78, 5) is 26.4. The Morgan fingerprint density at radius 3 is 2.63 bits per heavy atom. The van der Waals surface area contributed by atoms with E-state index in [1.165, 1.54) is 28.6 Å². The Morgan fingerprint density at radius 1 is 1.19 bits per heavy atom. The van der Waals surface area contributed by atoms with Crippen LogP contribution >= 0.6 is 0 Å². The van der Waals surface area contributed by atoms with E-state index in [0.717, 1.165) is 19.5 Å². The van der Waals surface area contributed by atoms with Gasteiger partial charge in [-0.3, -0.25) is 9.59 Å². The van der Waals surface area contributed by atoms with Gasteiger partial charge in [0.2, 0.25) is 15.9 Å². The Bertz CT molecular complexity index is 754. The van der Waals surface area contributed by atoms with E-state index in [2.05, 4.69) is 10.6 Å². The van der Waals surface area contributed by atoms with Crippen LogP contribution in [0.5, 0.6) is 0 Å². The fourth-order valence-electron chi connectivity index (χ4n) is 2.98. The Labute approximate surface area is 161 Å². The van der Waals surface area contributed by atoms with Gasteiger partial charge in [-0.05, 0) is 31.2 Å². The molecule has 27 heavy (non-hydrogen) atoms. The van der Waals surface area contributed by atoms with Gasteiger partial charge in [0.15, 0.2) is 0 Å². The molecule has 0 atom stereocenters. The largest absolute Gasteiger partial charge is 0.343 e. The summed E-state index contributed by atoms with van der Waals surface area (Å²) >= 11 is 0. The van der Waals surface area contributed by atoms with Crippen molar-refractivity contribution in [3.05, 3.63) is 29.8 Å². The first-order valence-corrected chi connectivity index (χ1v) is 10.7. The molecule has 2 N–H and O–H groups in total. The van der Waals surface area contributed by atoms with Crippen molar-refractivity contribution in [1.29, 1.82) is 0 Å². The molecule has 1 fully saturated rings. The summed E-state index contributed by atoms with van der Waals surface area (Å²) in [7, 11) is -3.64. The van der Waals surface area contributed by atoms with E-state index in [1.807, 2.05) is 0 Å². The molecule has 8 nitrogen and oxygen atoms in total. The highest BCUT2D eigenvalue weighted by Gasteiger charge is 2.23. The standard InChI is InChI=1S/C18H28N4O4S/c1-3-22(4-2)27(25,26)16-8-5-7-15(13-16)18(24)20-14-17(23)21-11-6-9-19-10-12-21/h5,7-8,13,19H,3-4,6,9-12,14H2,1-2H3,(H,20,24). The van der Waals surface area contributed by atoms with E-state index in [0.29, 0.717) is 26.2 Å². The molecular formula is C18H28N4O4S. The number of carbonyl (C=O) groups is 2. The maximum atomic E-state index is 12.6. The second-order valence-corrected chi connectivity index (χ2v) is 8.22. The molecule has 0 unspecified atom stereocenters. The van der Waals surface area contributed by atoms with Crippen LogP contribution in [0.3, 0.4) is 0 Å². The quantitative estimate of drug-likeness (QED) is 0.689. The highest BCUT2D eigenvalue weighted by atomic mass is 32.2. The van der Waals surface area contributed by atoms with Crippen molar-refractivity contribution >= 4 is 21.8 Å². The molecule has 2 rings (SSSR count). The van der Waals surface area contributed by atoms with Crippen LogP contribution in [0.2, 0.25) is 0 Å². The molecule has 1 heterocycles. The molecular weight excluding hydrogens is 368 g/mol. The molecule has 0 bridgehead atoms. The normalized spacial score (nSPS) is 15.4. The topological polar surface area (TPSA) is 98.8 Å². The number of rotatable bonds is 7. The summed E-state index contributed by atoms with van der Waals surface area (Å²) in [6.07, 6.45) is 0.880. The number of hydrogen-bond acceptors (Lipinski definition) is 5. The van der Waals surface area contributed by atoms with Crippen molar-refractivity contribution in [2.24, 2.45) is 0 Å². The Hall–Kier alpha value is -1.97. The predicted molar refractivity (Wildman–Crippen MR) is 103 cm³/mol.